The van der Waals surface area contributed by atoms with Crippen LogP contribution >= 0.6 is 0 Å². The smallest absolute Gasteiger partial charge is 0.234 e. The Morgan fingerprint density at radius 3 is 2.96 bits per heavy atom. The number of aryl methyl sites for hydroxylation is 1. The van der Waals surface area contributed by atoms with Crippen molar-refractivity contribution in [2.75, 3.05) is 19.6 Å². The number of hydrogen-bond acceptors (Lipinski definition) is 6. The van der Waals surface area contributed by atoms with Gasteiger partial charge in [0.2, 0.25) is 11.8 Å². The second-order valence-corrected chi connectivity index (χ2v) is 5.95. The molecule has 1 fully saturated rings. The van der Waals surface area contributed by atoms with Gasteiger partial charge in [-0.05, 0) is 31.9 Å². The number of nitrogens with zero attached hydrogens (tertiary/aromatic N) is 3. The summed E-state index contributed by atoms with van der Waals surface area (Å²) in [6, 6.07) is 3.65. The van der Waals surface area contributed by atoms with Gasteiger partial charge in [0.15, 0.2) is 0 Å². The number of rotatable bonds is 6. The Bertz CT molecular complexity index is 652. The fraction of sp³-hybridized carbons (Fsp3) is 0.471. The van der Waals surface area contributed by atoms with Gasteiger partial charge in [-0.25, -0.2) is 4.98 Å². The van der Waals surface area contributed by atoms with Crippen LogP contribution in [0.25, 0.3) is 0 Å². The molecule has 1 amide bonds. The lowest BCUT2D eigenvalue weighted by Gasteiger charge is -2.31. The first kappa shape index (κ1) is 16.4. The van der Waals surface area contributed by atoms with Gasteiger partial charge in [0.25, 0.3) is 0 Å². The van der Waals surface area contributed by atoms with E-state index in [1.807, 2.05) is 19.1 Å². The zero-order chi connectivity index (χ0) is 16.8. The molecular formula is C17H22N4O3. The number of nitrogens with one attached hydrogen (secondary N) is 1. The topological polar surface area (TPSA) is 80.5 Å². The Morgan fingerprint density at radius 1 is 1.42 bits per heavy atom. The molecule has 0 atom stereocenters. The summed E-state index contributed by atoms with van der Waals surface area (Å²) in [6.07, 6.45) is 6.83. The molecule has 1 saturated heterocycles. The van der Waals surface area contributed by atoms with E-state index in [4.69, 9.17) is 9.15 Å². The average Bonchev–Trinajstić information content (AvgIpc) is 3.08. The van der Waals surface area contributed by atoms with Crippen molar-refractivity contribution in [3.63, 3.8) is 0 Å². The summed E-state index contributed by atoms with van der Waals surface area (Å²) in [4.78, 5) is 22.5. The zero-order valence-corrected chi connectivity index (χ0v) is 13.8. The highest BCUT2D eigenvalue weighted by atomic mass is 16.5. The Kier molecular flexibility index (Phi) is 5.43. The summed E-state index contributed by atoms with van der Waals surface area (Å²) in [5.41, 5.74) is 0.846. The number of likely N-dealkylation sites (tertiary alicyclic amines) is 1. The molecule has 24 heavy (non-hydrogen) atoms. The largest absolute Gasteiger partial charge is 0.473 e. The first-order valence-corrected chi connectivity index (χ1v) is 8.16. The third-order valence-electron chi connectivity index (χ3n) is 3.96. The standard InChI is InChI=1S/C17H22N4O3/c1-13-9-18-11-17(20-13)24-14-4-6-21(7-5-14)12-16(22)19-10-15-3-2-8-23-15/h2-3,8-9,11,14H,4-7,10,12H2,1H3,(H,19,22). The number of ether oxygens (including phenoxy) is 1. The van der Waals surface area contributed by atoms with Gasteiger partial charge < -0.3 is 14.5 Å². The third kappa shape index (κ3) is 4.79. The van der Waals surface area contributed by atoms with Gasteiger partial charge in [0, 0.05) is 19.3 Å². The predicted octanol–water partition coefficient (Wildman–Crippen LogP) is 1.54. The number of hydrogen-bond donors (Lipinski definition) is 1. The van der Waals surface area contributed by atoms with Gasteiger partial charge >= 0.3 is 0 Å². The van der Waals surface area contributed by atoms with Crippen LogP contribution in [0.15, 0.2) is 35.2 Å². The molecule has 0 saturated carbocycles. The number of amides is 1. The Hall–Kier alpha value is -2.41. The van der Waals surface area contributed by atoms with Gasteiger partial charge in [-0.2, -0.15) is 0 Å². The molecule has 7 heteroatoms. The van der Waals surface area contributed by atoms with Gasteiger partial charge in [-0.3, -0.25) is 14.7 Å². The van der Waals surface area contributed by atoms with E-state index < -0.39 is 0 Å². The van der Waals surface area contributed by atoms with Crippen LogP contribution < -0.4 is 10.1 Å². The maximum atomic E-state index is 12.0. The van der Waals surface area contributed by atoms with Crippen molar-refractivity contribution in [1.82, 2.24) is 20.2 Å². The second kappa shape index (κ2) is 7.92. The van der Waals surface area contributed by atoms with Crippen molar-refractivity contribution < 1.29 is 13.9 Å². The molecule has 0 aromatic carbocycles. The first-order chi connectivity index (χ1) is 11.7. The van der Waals surface area contributed by atoms with E-state index in [2.05, 4.69) is 20.2 Å². The maximum absolute atomic E-state index is 12.0. The van der Waals surface area contributed by atoms with Crippen LogP contribution in [0.5, 0.6) is 5.88 Å². The van der Waals surface area contributed by atoms with Gasteiger partial charge in [0.05, 0.1) is 31.2 Å². The van der Waals surface area contributed by atoms with E-state index in [-0.39, 0.29) is 12.0 Å². The van der Waals surface area contributed by atoms with Crippen molar-refractivity contribution in [3.8, 4) is 5.88 Å². The minimum Gasteiger partial charge on any atom is -0.473 e. The van der Waals surface area contributed by atoms with Crippen molar-refractivity contribution in [3.05, 3.63) is 42.2 Å². The molecule has 0 radical (unpaired) electrons. The SMILES string of the molecule is Cc1cncc(OC2CCN(CC(=O)NCc3ccco3)CC2)n1. The minimum atomic E-state index is 0.00955. The second-order valence-electron chi connectivity index (χ2n) is 5.95. The number of furan rings is 1. The molecule has 2 aromatic heterocycles. The highest BCUT2D eigenvalue weighted by Gasteiger charge is 2.22. The van der Waals surface area contributed by atoms with Crippen LogP contribution in [0.3, 0.4) is 0 Å². The summed E-state index contributed by atoms with van der Waals surface area (Å²) >= 11 is 0. The van der Waals surface area contributed by atoms with Gasteiger partial charge in [0.1, 0.15) is 11.9 Å². The Balaban J connectivity index is 1.38. The zero-order valence-electron chi connectivity index (χ0n) is 13.8. The van der Waals surface area contributed by atoms with Gasteiger partial charge in [-0.15, -0.1) is 0 Å². The minimum absolute atomic E-state index is 0.00955. The van der Waals surface area contributed by atoms with Gasteiger partial charge in [-0.1, -0.05) is 0 Å². The summed E-state index contributed by atoms with van der Waals surface area (Å²) < 4.78 is 11.1. The third-order valence-corrected chi connectivity index (χ3v) is 3.96. The molecule has 128 valence electrons. The number of carbonyl (C=O) groups excluding carboxylic acids is 1. The predicted molar refractivity (Wildman–Crippen MR) is 87.4 cm³/mol. The molecule has 0 unspecified atom stereocenters. The molecule has 1 aliphatic heterocycles. The molecule has 3 rings (SSSR count). The summed E-state index contributed by atoms with van der Waals surface area (Å²) in [6.45, 7) is 4.38. The molecule has 2 aromatic rings. The van der Waals surface area contributed by atoms with Crippen LogP contribution in [0.2, 0.25) is 0 Å². The molecule has 1 N–H and O–H groups in total. The van der Waals surface area contributed by atoms with Crippen molar-refractivity contribution in [1.29, 1.82) is 0 Å². The number of carbonyl (C=O) groups is 1. The Morgan fingerprint density at radius 2 is 2.25 bits per heavy atom. The van der Waals surface area contributed by atoms with Crippen LogP contribution in [0.4, 0.5) is 0 Å². The molecule has 3 heterocycles. The van der Waals surface area contributed by atoms with Crippen molar-refractivity contribution in [2.24, 2.45) is 0 Å². The fourth-order valence-electron chi connectivity index (χ4n) is 2.71. The molecule has 0 bridgehead atoms. The van der Waals surface area contributed by atoms with Crippen LogP contribution in [0, 0.1) is 6.92 Å². The lowest BCUT2D eigenvalue weighted by Crippen LogP contribution is -2.43. The molecule has 0 aliphatic carbocycles. The molecular weight excluding hydrogens is 308 g/mol. The normalized spacial score (nSPS) is 16.0. The van der Waals surface area contributed by atoms with E-state index in [0.717, 1.165) is 37.4 Å². The molecule has 0 spiro atoms. The van der Waals surface area contributed by atoms with E-state index in [0.29, 0.717) is 19.0 Å². The van der Waals surface area contributed by atoms with E-state index in [1.165, 1.54) is 0 Å². The highest BCUT2D eigenvalue weighted by molar-refractivity contribution is 5.77. The quantitative estimate of drug-likeness (QED) is 0.865. The number of aromatic nitrogens is 2. The monoisotopic (exact) mass is 330 g/mol. The summed E-state index contributed by atoms with van der Waals surface area (Å²) in [7, 11) is 0. The van der Waals surface area contributed by atoms with Crippen LogP contribution in [0.1, 0.15) is 24.3 Å². The van der Waals surface area contributed by atoms with Crippen molar-refractivity contribution >= 4 is 5.91 Å². The summed E-state index contributed by atoms with van der Waals surface area (Å²) in [5.74, 6) is 1.34. The molecule has 1 aliphatic rings. The highest BCUT2D eigenvalue weighted by Crippen LogP contribution is 2.16. The molecule has 7 nitrogen and oxygen atoms in total. The number of piperidine rings is 1. The summed E-state index contributed by atoms with van der Waals surface area (Å²) in [5, 5.41) is 2.87. The first-order valence-electron chi connectivity index (χ1n) is 8.16. The fourth-order valence-corrected chi connectivity index (χ4v) is 2.71. The van der Waals surface area contributed by atoms with E-state index in [9.17, 15) is 4.79 Å². The lowest BCUT2D eigenvalue weighted by atomic mass is 10.1. The Labute approximate surface area is 141 Å². The van der Waals surface area contributed by atoms with E-state index in [1.54, 1.807) is 18.7 Å². The van der Waals surface area contributed by atoms with E-state index >= 15 is 0 Å². The maximum Gasteiger partial charge on any atom is 0.234 e. The van der Waals surface area contributed by atoms with Crippen molar-refractivity contribution in [2.45, 2.75) is 32.4 Å². The average molecular weight is 330 g/mol. The van der Waals surface area contributed by atoms with Crippen LogP contribution in [-0.4, -0.2) is 46.5 Å². The lowest BCUT2D eigenvalue weighted by molar-refractivity contribution is -0.123. The van der Waals surface area contributed by atoms with Crippen LogP contribution in [-0.2, 0) is 11.3 Å².